The monoisotopic (exact) mass is 298 g/mol. The van der Waals surface area contributed by atoms with Gasteiger partial charge >= 0.3 is 6.09 Å². The molecule has 1 aliphatic carbocycles. The number of nitrogens with zero attached hydrogens (tertiary/aromatic N) is 1. The molecule has 122 valence electrons. The number of piperidine rings is 1. The maximum Gasteiger partial charge on any atom is 0.407 e. The van der Waals surface area contributed by atoms with E-state index in [0.29, 0.717) is 19.0 Å². The molecule has 1 saturated carbocycles. The summed E-state index contributed by atoms with van der Waals surface area (Å²) in [5.41, 5.74) is -0.663. The van der Waals surface area contributed by atoms with Crippen molar-refractivity contribution in [1.29, 1.82) is 0 Å². The quantitative estimate of drug-likeness (QED) is 0.744. The zero-order chi connectivity index (χ0) is 15.5. The fourth-order valence-corrected chi connectivity index (χ4v) is 3.77. The average Bonchev–Trinajstić information content (AvgIpc) is 2.45. The normalized spacial score (nSPS) is 29.6. The van der Waals surface area contributed by atoms with Crippen molar-refractivity contribution in [3.63, 3.8) is 0 Å². The van der Waals surface area contributed by atoms with Crippen LogP contribution in [0, 0.1) is 11.8 Å². The molecule has 1 heterocycles. The van der Waals surface area contributed by atoms with E-state index in [0.717, 1.165) is 38.6 Å². The van der Waals surface area contributed by atoms with Gasteiger partial charge in [-0.25, -0.2) is 4.79 Å². The fraction of sp³-hybridized carbons (Fsp3) is 0.938. The third-order valence-corrected chi connectivity index (χ3v) is 5.02. The third kappa shape index (κ3) is 4.33. The van der Waals surface area contributed by atoms with Crippen LogP contribution in [0.1, 0.15) is 52.4 Å². The van der Waals surface area contributed by atoms with Crippen molar-refractivity contribution in [1.82, 2.24) is 10.2 Å². The first-order valence-electron chi connectivity index (χ1n) is 8.34. The van der Waals surface area contributed by atoms with Gasteiger partial charge in [0.1, 0.15) is 0 Å². The van der Waals surface area contributed by atoms with Crippen LogP contribution < -0.4 is 5.32 Å². The van der Waals surface area contributed by atoms with Crippen LogP contribution in [0.25, 0.3) is 0 Å². The first-order valence-corrected chi connectivity index (χ1v) is 8.34. The molecule has 2 rings (SSSR count). The van der Waals surface area contributed by atoms with Gasteiger partial charge in [-0.1, -0.05) is 33.1 Å². The smallest absolute Gasteiger partial charge is 0.407 e. The minimum absolute atomic E-state index is 0.0623. The van der Waals surface area contributed by atoms with Crippen LogP contribution >= 0.6 is 0 Å². The van der Waals surface area contributed by atoms with Crippen molar-refractivity contribution in [3.8, 4) is 0 Å². The summed E-state index contributed by atoms with van der Waals surface area (Å²) in [5, 5.41) is 23.8. The Morgan fingerprint density at radius 3 is 2.52 bits per heavy atom. The number of aliphatic hydroxyl groups is 1. The van der Waals surface area contributed by atoms with Crippen molar-refractivity contribution in [2.45, 2.75) is 64.0 Å². The van der Waals surface area contributed by atoms with E-state index in [1.54, 1.807) is 0 Å². The van der Waals surface area contributed by atoms with Gasteiger partial charge in [-0.2, -0.15) is 0 Å². The van der Waals surface area contributed by atoms with Crippen LogP contribution in [0.15, 0.2) is 0 Å². The molecule has 1 saturated heterocycles. The Balaban J connectivity index is 2.03. The zero-order valence-electron chi connectivity index (χ0n) is 13.3. The molecule has 0 aromatic heterocycles. The maximum absolute atomic E-state index is 11.4. The van der Waals surface area contributed by atoms with Crippen LogP contribution in [0.2, 0.25) is 0 Å². The lowest BCUT2D eigenvalue weighted by Gasteiger charge is -2.46. The largest absolute Gasteiger partial charge is 0.465 e. The molecule has 21 heavy (non-hydrogen) atoms. The zero-order valence-corrected chi connectivity index (χ0v) is 13.3. The lowest BCUT2D eigenvalue weighted by atomic mass is 9.72. The topological polar surface area (TPSA) is 72.8 Å². The fourth-order valence-electron chi connectivity index (χ4n) is 3.77. The number of carbonyl (C=O) groups is 1. The molecule has 2 atom stereocenters. The van der Waals surface area contributed by atoms with Crippen LogP contribution in [0.3, 0.4) is 0 Å². The summed E-state index contributed by atoms with van der Waals surface area (Å²) in [6, 6.07) is 0.160. The van der Waals surface area contributed by atoms with Crippen molar-refractivity contribution in [2.75, 3.05) is 19.6 Å². The van der Waals surface area contributed by atoms with E-state index in [4.69, 9.17) is 0 Å². The average molecular weight is 298 g/mol. The summed E-state index contributed by atoms with van der Waals surface area (Å²) in [4.78, 5) is 12.9. The van der Waals surface area contributed by atoms with Gasteiger partial charge in [0.15, 0.2) is 0 Å². The number of carboxylic acid groups (broad SMARTS) is 1. The Hall–Kier alpha value is -0.810. The lowest BCUT2D eigenvalue weighted by Crippen LogP contribution is -2.57. The highest BCUT2D eigenvalue weighted by atomic mass is 16.4. The van der Waals surface area contributed by atoms with Crippen LogP contribution in [0.4, 0.5) is 4.79 Å². The van der Waals surface area contributed by atoms with Gasteiger partial charge in [-0.05, 0) is 31.7 Å². The van der Waals surface area contributed by atoms with Gasteiger partial charge in [0.25, 0.3) is 0 Å². The van der Waals surface area contributed by atoms with Crippen molar-refractivity contribution in [2.24, 2.45) is 11.8 Å². The van der Waals surface area contributed by atoms with Crippen molar-refractivity contribution < 1.29 is 15.0 Å². The Bertz CT molecular complexity index is 353. The number of hydrogen-bond donors (Lipinski definition) is 3. The highest BCUT2D eigenvalue weighted by Gasteiger charge is 2.43. The van der Waals surface area contributed by atoms with Gasteiger partial charge in [-0.15, -0.1) is 0 Å². The molecular formula is C16H30N2O3. The predicted octanol–water partition coefficient (Wildman–Crippen LogP) is 2.30. The second-order valence-corrected chi connectivity index (χ2v) is 7.28. The van der Waals surface area contributed by atoms with Gasteiger partial charge < -0.3 is 20.4 Å². The van der Waals surface area contributed by atoms with Gasteiger partial charge in [-0.3, -0.25) is 0 Å². The van der Waals surface area contributed by atoms with Gasteiger partial charge in [0.05, 0.1) is 5.60 Å². The number of likely N-dealkylation sites (tertiary alicyclic amines) is 1. The van der Waals surface area contributed by atoms with E-state index in [1.165, 1.54) is 11.3 Å². The van der Waals surface area contributed by atoms with Gasteiger partial charge in [0, 0.05) is 25.0 Å². The van der Waals surface area contributed by atoms with Crippen LogP contribution in [0.5, 0.6) is 0 Å². The SMILES string of the molecule is CC(C)CN[C@H]1C[C@@H](C2(O)CCCCC2)CN(C(=O)O)C1. The Kier molecular flexibility index (Phi) is 5.49. The Labute approximate surface area is 127 Å². The molecular weight excluding hydrogens is 268 g/mol. The van der Waals surface area contributed by atoms with Crippen molar-refractivity contribution in [3.05, 3.63) is 0 Å². The van der Waals surface area contributed by atoms with E-state index >= 15 is 0 Å². The maximum atomic E-state index is 11.4. The summed E-state index contributed by atoms with van der Waals surface area (Å²) in [6.45, 7) is 6.21. The van der Waals surface area contributed by atoms with E-state index in [1.807, 2.05) is 0 Å². The number of rotatable bonds is 4. The van der Waals surface area contributed by atoms with Crippen LogP contribution in [-0.2, 0) is 0 Å². The molecule has 5 nitrogen and oxygen atoms in total. The highest BCUT2D eigenvalue weighted by Crippen LogP contribution is 2.38. The molecule has 3 N–H and O–H groups in total. The second kappa shape index (κ2) is 6.97. The predicted molar refractivity (Wildman–Crippen MR) is 82.4 cm³/mol. The summed E-state index contributed by atoms with van der Waals surface area (Å²) in [6.07, 6.45) is 4.97. The van der Waals surface area contributed by atoms with Crippen LogP contribution in [-0.4, -0.2) is 52.5 Å². The first kappa shape index (κ1) is 16.6. The number of amides is 1. The third-order valence-electron chi connectivity index (χ3n) is 5.02. The molecule has 0 radical (unpaired) electrons. The lowest BCUT2D eigenvalue weighted by molar-refractivity contribution is -0.0742. The van der Waals surface area contributed by atoms with Crippen molar-refractivity contribution >= 4 is 6.09 Å². The summed E-state index contributed by atoms with van der Waals surface area (Å²) in [7, 11) is 0. The molecule has 0 bridgehead atoms. The number of nitrogens with one attached hydrogen (secondary N) is 1. The molecule has 1 amide bonds. The molecule has 2 aliphatic rings. The molecule has 1 aliphatic heterocycles. The Morgan fingerprint density at radius 1 is 1.29 bits per heavy atom. The molecule has 0 spiro atoms. The molecule has 2 fully saturated rings. The number of hydrogen-bond acceptors (Lipinski definition) is 3. The first-order chi connectivity index (χ1) is 9.90. The van der Waals surface area contributed by atoms with E-state index < -0.39 is 11.7 Å². The highest BCUT2D eigenvalue weighted by molar-refractivity contribution is 5.65. The van der Waals surface area contributed by atoms with E-state index in [2.05, 4.69) is 19.2 Å². The molecule has 0 aromatic carbocycles. The standard InChI is InChI=1S/C16H30N2O3/c1-12(2)9-17-14-8-13(10-18(11-14)15(19)20)16(21)6-4-3-5-7-16/h12-14,17,21H,3-11H2,1-2H3,(H,19,20)/t13-,14+/m1/s1. The van der Waals surface area contributed by atoms with Gasteiger partial charge in [0.2, 0.25) is 0 Å². The summed E-state index contributed by atoms with van der Waals surface area (Å²) >= 11 is 0. The summed E-state index contributed by atoms with van der Waals surface area (Å²) in [5.74, 6) is 0.605. The van der Waals surface area contributed by atoms with E-state index in [9.17, 15) is 15.0 Å². The second-order valence-electron chi connectivity index (χ2n) is 7.28. The Morgan fingerprint density at radius 2 is 1.95 bits per heavy atom. The molecule has 0 unspecified atom stereocenters. The molecule has 0 aromatic rings. The van der Waals surface area contributed by atoms with E-state index in [-0.39, 0.29) is 12.0 Å². The minimum atomic E-state index is -0.865. The summed E-state index contributed by atoms with van der Waals surface area (Å²) < 4.78 is 0. The molecule has 5 heteroatoms. The minimum Gasteiger partial charge on any atom is -0.465 e.